The molecule has 0 aromatic heterocycles. The van der Waals surface area contributed by atoms with Crippen LogP contribution in [0.5, 0.6) is 0 Å². The molecule has 0 saturated heterocycles. The second-order valence-electron chi connectivity index (χ2n) is 5.78. The Hall–Kier alpha value is -0.950. The first-order chi connectivity index (χ1) is 9.10. The number of hydrogen-bond acceptors (Lipinski definition) is 4. The molecule has 0 heterocycles. The lowest BCUT2D eigenvalue weighted by atomic mass is 10.1. The highest BCUT2D eigenvalue weighted by atomic mass is 32.2. The van der Waals surface area contributed by atoms with Gasteiger partial charge in [-0.2, -0.15) is 0 Å². The molecule has 1 rings (SSSR count). The molecule has 0 bridgehead atoms. The summed E-state index contributed by atoms with van der Waals surface area (Å²) in [4.78, 5) is 2.14. The lowest BCUT2D eigenvalue weighted by molar-refractivity contribution is 0.199. The van der Waals surface area contributed by atoms with Gasteiger partial charge in [0.05, 0.1) is 11.5 Å². The summed E-state index contributed by atoms with van der Waals surface area (Å²) < 4.78 is 27.2. The number of likely N-dealkylation sites (N-methyl/N-ethyl adjacent to an activating group) is 1. The van der Waals surface area contributed by atoms with Gasteiger partial charge in [-0.05, 0) is 58.1 Å². The van der Waals surface area contributed by atoms with E-state index in [4.69, 9.17) is 0 Å². The van der Waals surface area contributed by atoms with Gasteiger partial charge in [-0.1, -0.05) is 6.07 Å². The molecule has 0 radical (unpaired) electrons. The average Bonchev–Trinajstić information content (AvgIpc) is 2.37. The van der Waals surface area contributed by atoms with E-state index in [-0.39, 0.29) is 17.0 Å². The van der Waals surface area contributed by atoms with Crippen LogP contribution in [-0.4, -0.2) is 44.6 Å². The monoisotopic (exact) mass is 300 g/mol. The van der Waals surface area contributed by atoms with E-state index in [1.807, 2.05) is 39.8 Å². The van der Waals surface area contributed by atoms with Crippen LogP contribution in [0.3, 0.4) is 0 Å². The number of nitrogens with zero attached hydrogens (tertiary/aromatic N) is 1. The van der Waals surface area contributed by atoms with Crippen molar-refractivity contribution in [3.63, 3.8) is 0 Å². The maximum absolute atomic E-state index is 12.3. The number of aryl methyl sites for hydroxylation is 1. The number of nitrogens with one attached hydrogen (secondary N) is 1. The van der Waals surface area contributed by atoms with Crippen LogP contribution >= 0.6 is 0 Å². The molecule has 0 spiro atoms. The van der Waals surface area contributed by atoms with E-state index >= 15 is 0 Å². The van der Waals surface area contributed by atoms with Crippen LogP contribution < -0.4 is 4.72 Å². The quantitative estimate of drug-likeness (QED) is 0.825. The third-order valence-electron chi connectivity index (χ3n) is 3.71. The Bertz CT molecular complexity index is 566. The number of rotatable bonds is 6. The molecule has 20 heavy (non-hydrogen) atoms. The van der Waals surface area contributed by atoms with Crippen LogP contribution in [0.25, 0.3) is 0 Å². The SMILES string of the molecule is Cc1ccc(S(=O)(=O)NCC(C)(C)N(C)C)cc1CO. The third-order valence-corrected chi connectivity index (χ3v) is 5.11. The highest BCUT2D eigenvalue weighted by molar-refractivity contribution is 7.89. The maximum atomic E-state index is 12.3. The van der Waals surface area contributed by atoms with E-state index in [9.17, 15) is 13.5 Å². The molecule has 0 aliphatic heterocycles. The fraction of sp³-hybridized carbons (Fsp3) is 0.571. The number of aliphatic hydroxyl groups excluding tert-OH is 1. The van der Waals surface area contributed by atoms with Crippen molar-refractivity contribution in [1.82, 2.24) is 9.62 Å². The van der Waals surface area contributed by atoms with Crippen LogP contribution in [-0.2, 0) is 16.6 Å². The summed E-state index contributed by atoms with van der Waals surface area (Å²) in [5.74, 6) is 0. The molecule has 6 heteroatoms. The fourth-order valence-corrected chi connectivity index (χ4v) is 2.75. The van der Waals surface area contributed by atoms with Crippen molar-refractivity contribution in [2.45, 2.75) is 37.8 Å². The molecule has 1 aromatic rings. The Labute approximate surface area is 121 Å². The first-order valence-corrected chi connectivity index (χ1v) is 7.96. The van der Waals surface area contributed by atoms with Gasteiger partial charge < -0.3 is 10.0 Å². The second-order valence-corrected chi connectivity index (χ2v) is 7.54. The van der Waals surface area contributed by atoms with Crippen molar-refractivity contribution >= 4 is 10.0 Å². The Morgan fingerprint density at radius 2 is 1.90 bits per heavy atom. The van der Waals surface area contributed by atoms with Gasteiger partial charge in [0.15, 0.2) is 0 Å². The molecular weight excluding hydrogens is 276 g/mol. The van der Waals surface area contributed by atoms with E-state index in [0.717, 1.165) is 5.56 Å². The highest BCUT2D eigenvalue weighted by Gasteiger charge is 2.24. The first-order valence-electron chi connectivity index (χ1n) is 6.47. The molecule has 0 amide bonds. The molecular formula is C14H24N2O3S. The molecule has 0 aliphatic rings. The molecule has 0 saturated carbocycles. The normalized spacial score (nSPS) is 12.9. The van der Waals surface area contributed by atoms with Crippen molar-refractivity contribution < 1.29 is 13.5 Å². The summed E-state index contributed by atoms with van der Waals surface area (Å²) in [6.07, 6.45) is 0. The van der Waals surface area contributed by atoms with Crippen molar-refractivity contribution in [2.75, 3.05) is 20.6 Å². The smallest absolute Gasteiger partial charge is 0.240 e. The Morgan fingerprint density at radius 1 is 1.30 bits per heavy atom. The topological polar surface area (TPSA) is 69.6 Å². The predicted molar refractivity (Wildman–Crippen MR) is 80.1 cm³/mol. The summed E-state index contributed by atoms with van der Waals surface area (Å²) in [6.45, 7) is 5.90. The first kappa shape index (κ1) is 17.1. The molecule has 0 unspecified atom stereocenters. The summed E-state index contributed by atoms with van der Waals surface area (Å²) in [7, 11) is 0.249. The Kier molecular flexibility index (Phi) is 5.32. The zero-order valence-electron chi connectivity index (χ0n) is 12.8. The summed E-state index contributed by atoms with van der Waals surface area (Å²) in [5.41, 5.74) is 1.22. The third kappa shape index (κ3) is 4.02. The van der Waals surface area contributed by atoms with Crippen LogP contribution in [0.15, 0.2) is 23.1 Å². The number of hydrogen-bond donors (Lipinski definition) is 2. The summed E-state index contributed by atoms with van der Waals surface area (Å²) in [6, 6.07) is 4.77. The minimum Gasteiger partial charge on any atom is -0.392 e. The molecule has 114 valence electrons. The molecule has 0 fully saturated rings. The van der Waals surface area contributed by atoms with E-state index in [2.05, 4.69) is 4.72 Å². The number of benzene rings is 1. The van der Waals surface area contributed by atoms with Crippen LogP contribution in [0.1, 0.15) is 25.0 Å². The average molecular weight is 300 g/mol. The van der Waals surface area contributed by atoms with E-state index in [1.165, 1.54) is 6.07 Å². The van der Waals surface area contributed by atoms with Gasteiger partial charge in [-0.15, -0.1) is 0 Å². The van der Waals surface area contributed by atoms with Crippen molar-refractivity contribution in [2.24, 2.45) is 0 Å². The van der Waals surface area contributed by atoms with Crippen LogP contribution in [0, 0.1) is 6.92 Å². The van der Waals surface area contributed by atoms with E-state index in [0.29, 0.717) is 12.1 Å². The van der Waals surface area contributed by atoms with Gasteiger partial charge in [0.2, 0.25) is 10.0 Å². The van der Waals surface area contributed by atoms with Crippen LogP contribution in [0.2, 0.25) is 0 Å². The van der Waals surface area contributed by atoms with E-state index < -0.39 is 10.0 Å². The minimum atomic E-state index is -3.56. The minimum absolute atomic E-state index is 0.168. The summed E-state index contributed by atoms with van der Waals surface area (Å²) in [5, 5.41) is 9.22. The lowest BCUT2D eigenvalue weighted by Gasteiger charge is -2.32. The Balaban J connectivity index is 2.95. The molecule has 5 nitrogen and oxygen atoms in total. The Morgan fingerprint density at radius 3 is 2.40 bits per heavy atom. The largest absolute Gasteiger partial charge is 0.392 e. The van der Waals surface area contributed by atoms with Gasteiger partial charge in [-0.3, -0.25) is 0 Å². The molecule has 2 N–H and O–H groups in total. The fourth-order valence-electron chi connectivity index (χ4n) is 1.50. The number of aliphatic hydroxyl groups is 1. The van der Waals surface area contributed by atoms with Gasteiger partial charge in [0.1, 0.15) is 0 Å². The summed E-state index contributed by atoms with van der Waals surface area (Å²) >= 11 is 0. The second kappa shape index (κ2) is 6.22. The molecule has 1 aromatic carbocycles. The lowest BCUT2D eigenvalue weighted by Crippen LogP contribution is -2.48. The van der Waals surface area contributed by atoms with Gasteiger partial charge >= 0.3 is 0 Å². The van der Waals surface area contributed by atoms with Gasteiger partial charge in [-0.25, -0.2) is 13.1 Å². The van der Waals surface area contributed by atoms with Gasteiger partial charge in [0, 0.05) is 12.1 Å². The van der Waals surface area contributed by atoms with Gasteiger partial charge in [0.25, 0.3) is 0 Å². The van der Waals surface area contributed by atoms with Crippen LogP contribution in [0.4, 0.5) is 0 Å². The van der Waals surface area contributed by atoms with Crippen molar-refractivity contribution in [1.29, 1.82) is 0 Å². The van der Waals surface area contributed by atoms with Crippen molar-refractivity contribution in [3.05, 3.63) is 29.3 Å². The zero-order chi connectivity index (χ0) is 15.6. The predicted octanol–water partition coefficient (Wildman–Crippen LogP) is 1.11. The zero-order valence-corrected chi connectivity index (χ0v) is 13.6. The maximum Gasteiger partial charge on any atom is 0.240 e. The van der Waals surface area contributed by atoms with E-state index in [1.54, 1.807) is 12.1 Å². The van der Waals surface area contributed by atoms with Crippen molar-refractivity contribution in [3.8, 4) is 0 Å². The molecule has 0 aliphatic carbocycles. The standard InChI is InChI=1S/C14H24N2O3S/c1-11-6-7-13(8-12(11)9-17)20(18,19)15-10-14(2,3)16(4)5/h6-8,15,17H,9-10H2,1-5H3. The highest BCUT2D eigenvalue weighted by Crippen LogP contribution is 2.16. The number of sulfonamides is 1. The molecule has 0 atom stereocenters.